The van der Waals surface area contributed by atoms with Gasteiger partial charge in [-0.1, -0.05) is 50.2 Å². The van der Waals surface area contributed by atoms with Crippen molar-refractivity contribution in [3.63, 3.8) is 0 Å². The van der Waals surface area contributed by atoms with Crippen molar-refractivity contribution < 1.29 is 4.79 Å². The summed E-state index contributed by atoms with van der Waals surface area (Å²) in [4.78, 5) is 20.8. The Morgan fingerprint density at radius 2 is 1.96 bits per heavy atom. The number of aromatic nitrogens is 1. The molecule has 0 bridgehead atoms. The molecule has 0 spiro atoms. The van der Waals surface area contributed by atoms with E-state index < -0.39 is 0 Å². The molecule has 1 aliphatic heterocycles. The van der Waals surface area contributed by atoms with E-state index >= 15 is 0 Å². The summed E-state index contributed by atoms with van der Waals surface area (Å²) in [5.74, 6) is -0.0307. The predicted octanol–water partition coefficient (Wildman–Crippen LogP) is 4.74. The summed E-state index contributed by atoms with van der Waals surface area (Å²) in [6, 6.07) is 14.2. The minimum atomic E-state index is -0.0307. The van der Waals surface area contributed by atoms with Crippen LogP contribution in [0, 0.1) is 6.92 Å². The predicted molar refractivity (Wildman–Crippen MR) is 115 cm³/mol. The van der Waals surface area contributed by atoms with Crippen LogP contribution in [0.25, 0.3) is 10.9 Å². The van der Waals surface area contributed by atoms with E-state index in [-0.39, 0.29) is 5.91 Å². The minimum Gasteiger partial charge on any atom is -0.321 e. The molecule has 4 heteroatoms. The number of amides is 1. The maximum atomic E-state index is 13.6. The number of carbonyl (C=O) groups is 1. The molecule has 0 radical (unpaired) electrons. The second kappa shape index (κ2) is 7.72. The van der Waals surface area contributed by atoms with Gasteiger partial charge in [0.1, 0.15) is 0 Å². The normalized spacial score (nSPS) is 14.1. The Bertz CT molecular complexity index is 1040. The lowest BCUT2D eigenvalue weighted by Gasteiger charge is -2.29. The molecule has 0 aliphatic carbocycles. The first-order chi connectivity index (χ1) is 13.6. The SMILES string of the molecule is CCc1cccc(C)c1NC(=O)c1c2c(nc3ccccc13)CCN(CC)C2. The summed E-state index contributed by atoms with van der Waals surface area (Å²) in [7, 11) is 0. The van der Waals surface area contributed by atoms with Crippen LogP contribution in [0.3, 0.4) is 0 Å². The lowest BCUT2D eigenvalue weighted by molar-refractivity contribution is 0.102. The van der Waals surface area contributed by atoms with Crippen molar-refractivity contribution in [2.45, 2.75) is 40.2 Å². The second-order valence-corrected chi connectivity index (χ2v) is 7.46. The number of pyridine rings is 1. The quantitative estimate of drug-likeness (QED) is 0.719. The van der Waals surface area contributed by atoms with Gasteiger partial charge in [0.15, 0.2) is 0 Å². The third-order valence-electron chi connectivity index (χ3n) is 5.78. The number of hydrogen-bond donors (Lipinski definition) is 1. The van der Waals surface area contributed by atoms with Crippen LogP contribution in [-0.2, 0) is 19.4 Å². The number of aryl methyl sites for hydroxylation is 2. The molecule has 2 heterocycles. The number of para-hydroxylation sites is 2. The number of nitrogens with one attached hydrogen (secondary N) is 1. The fourth-order valence-corrected chi connectivity index (χ4v) is 4.15. The van der Waals surface area contributed by atoms with E-state index in [1.807, 2.05) is 43.3 Å². The number of anilines is 1. The second-order valence-electron chi connectivity index (χ2n) is 7.46. The van der Waals surface area contributed by atoms with Crippen molar-refractivity contribution in [1.82, 2.24) is 9.88 Å². The van der Waals surface area contributed by atoms with Gasteiger partial charge in [0.2, 0.25) is 0 Å². The number of rotatable bonds is 4. The molecule has 2 aromatic carbocycles. The summed E-state index contributed by atoms with van der Waals surface area (Å²) >= 11 is 0. The van der Waals surface area contributed by atoms with Crippen LogP contribution in [0.4, 0.5) is 5.69 Å². The first-order valence-electron chi connectivity index (χ1n) is 10.1. The van der Waals surface area contributed by atoms with Gasteiger partial charge < -0.3 is 5.32 Å². The van der Waals surface area contributed by atoms with Crippen LogP contribution in [0.1, 0.15) is 46.6 Å². The number of nitrogens with zero attached hydrogens (tertiary/aromatic N) is 2. The van der Waals surface area contributed by atoms with Crippen molar-refractivity contribution in [3.8, 4) is 0 Å². The van der Waals surface area contributed by atoms with Crippen LogP contribution in [0.2, 0.25) is 0 Å². The smallest absolute Gasteiger partial charge is 0.256 e. The highest BCUT2D eigenvalue weighted by atomic mass is 16.1. The lowest BCUT2D eigenvalue weighted by atomic mass is 9.95. The van der Waals surface area contributed by atoms with Crippen LogP contribution < -0.4 is 5.32 Å². The molecule has 1 amide bonds. The van der Waals surface area contributed by atoms with Crippen molar-refractivity contribution in [3.05, 3.63) is 70.4 Å². The Morgan fingerprint density at radius 1 is 1.14 bits per heavy atom. The van der Waals surface area contributed by atoms with Crippen molar-refractivity contribution in [1.29, 1.82) is 0 Å². The first-order valence-corrected chi connectivity index (χ1v) is 10.1. The van der Waals surface area contributed by atoms with Gasteiger partial charge in [-0.15, -0.1) is 0 Å². The molecule has 144 valence electrons. The van der Waals surface area contributed by atoms with Gasteiger partial charge in [-0.3, -0.25) is 14.7 Å². The Hall–Kier alpha value is -2.72. The van der Waals surface area contributed by atoms with Crippen LogP contribution in [0.5, 0.6) is 0 Å². The maximum Gasteiger partial charge on any atom is 0.256 e. The molecule has 0 saturated heterocycles. The van der Waals surface area contributed by atoms with Gasteiger partial charge in [0, 0.05) is 41.8 Å². The van der Waals surface area contributed by atoms with Crippen molar-refractivity contribution >= 4 is 22.5 Å². The van der Waals surface area contributed by atoms with Crippen molar-refractivity contribution in [2.75, 3.05) is 18.4 Å². The van der Waals surface area contributed by atoms with E-state index in [2.05, 4.69) is 30.1 Å². The Balaban J connectivity index is 1.85. The number of hydrogen-bond acceptors (Lipinski definition) is 3. The minimum absolute atomic E-state index is 0.0307. The number of benzene rings is 2. The largest absolute Gasteiger partial charge is 0.321 e. The number of fused-ring (bicyclic) bond motifs is 2. The van der Waals surface area contributed by atoms with Crippen LogP contribution in [0.15, 0.2) is 42.5 Å². The summed E-state index contributed by atoms with van der Waals surface area (Å²) < 4.78 is 0. The molecule has 0 atom stereocenters. The lowest BCUT2D eigenvalue weighted by Crippen LogP contribution is -2.33. The third-order valence-corrected chi connectivity index (χ3v) is 5.78. The molecule has 1 aromatic heterocycles. The Kier molecular flexibility index (Phi) is 5.14. The molecule has 0 unspecified atom stereocenters. The molecular weight excluding hydrogens is 346 g/mol. The summed E-state index contributed by atoms with van der Waals surface area (Å²) in [5.41, 5.74) is 7.02. The molecule has 1 aliphatic rings. The summed E-state index contributed by atoms with van der Waals surface area (Å²) in [6.45, 7) is 9.08. The molecule has 0 fully saturated rings. The summed E-state index contributed by atoms with van der Waals surface area (Å²) in [5, 5.41) is 4.17. The van der Waals surface area contributed by atoms with E-state index in [4.69, 9.17) is 4.98 Å². The van der Waals surface area contributed by atoms with Gasteiger partial charge in [-0.2, -0.15) is 0 Å². The third kappa shape index (κ3) is 3.29. The first kappa shape index (κ1) is 18.6. The highest BCUT2D eigenvalue weighted by molar-refractivity contribution is 6.14. The standard InChI is InChI=1S/C24H27N3O/c1-4-17-10-8-9-16(3)23(17)26-24(28)22-18-11-6-7-12-20(18)25-21-13-14-27(5-2)15-19(21)22/h6-12H,4-5,13-15H2,1-3H3,(H,26,28). The zero-order valence-electron chi connectivity index (χ0n) is 16.9. The highest BCUT2D eigenvalue weighted by Crippen LogP contribution is 2.30. The monoisotopic (exact) mass is 373 g/mol. The summed E-state index contributed by atoms with van der Waals surface area (Å²) in [6.07, 6.45) is 1.77. The number of likely N-dealkylation sites (N-methyl/N-ethyl adjacent to an activating group) is 1. The fourth-order valence-electron chi connectivity index (χ4n) is 4.15. The van der Waals surface area contributed by atoms with Crippen LogP contribution in [-0.4, -0.2) is 28.9 Å². The van der Waals surface area contributed by atoms with E-state index in [9.17, 15) is 4.79 Å². The van der Waals surface area contributed by atoms with E-state index in [0.29, 0.717) is 0 Å². The highest BCUT2D eigenvalue weighted by Gasteiger charge is 2.25. The molecule has 1 N–H and O–H groups in total. The zero-order valence-corrected chi connectivity index (χ0v) is 16.9. The van der Waals surface area contributed by atoms with E-state index in [1.165, 1.54) is 0 Å². The molecule has 4 nitrogen and oxygen atoms in total. The van der Waals surface area contributed by atoms with Gasteiger partial charge in [-0.05, 0) is 37.1 Å². The van der Waals surface area contributed by atoms with Crippen LogP contribution >= 0.6 is 0 Å². The Morgan fingerprint density at radius 3 is 2.75 bits per heavy atom. The van der Waals surface area contributed by atoms with E-state index in [0.717, 1.165) is 77.0 Å². The Labute approximate surface area is 166 Å². The van der Waals surface area contributed by atoms with Gasteiger partial charge in [0.05, 0.1) is 11.1 Å². The zero-order chi connectivity index (χ0) is 19.7. The molecular formula is C24H27N3O. The topological polar surface area (TPSA) is 45.2 Å². The average molecular weight is 374 g/mol. The molecule has 3 aromatic rings. The molecule has 4 rings (SSSR count). The molecule has 0 saturated carbocycles. The fraction of sp³-hybridized carbons (Fsp3) is 0.333. The van der Waals surface area contributed by atoms with Gasteiger partial charge in [-0.25, -0.2) is 0 Å². The maximum absolute atomic E-state index is 13.6. The molecule has 28 heavy (non-hydrogen) atoms. The van der Waals surface area contributed by atoms with Crippen molar-refractivity contribution in [2.24, 2.45) is 0 Å². The van der Waals surface area contributed by atoms with E-state index in [1.54, 1.807) is 0 Å². The number of carbonyl (C=O) groups excluding carboxylic acids is 1. The van der Waals surface area contributed by atoms with Gasteiger partial charge in [0.25, 0.3) is 5.91 Å². The average Bonchev–Trinajstić information content (AvgIpc) is 2.72. The van der Waals surface area contributed by atoms with Gasteiger partial charge >= 0.3 is 0 Å².